The number of nitrogens with one attached hydrogen (secondary N) is 1. The van der Waals surface area contributed by atoms with Crippen molar-refractivity contribution in [1.29, 1.82) is 0 Å². The predicted molar refractivity (Wildman–Crippen MR) is 70.4 cm³/mol. The predicted octanol–water partition coefficient (Wildman–Crippen LogP) is 3.93. The van der Waals surface area contributed by atoms with Gasteiger partial charge in [0.2, 0.25) is 0 Å². The fraction of sp³-hybridized carbons (Fsp3) is 0.538. The van der Waals surface area contributed by atoms with Gasteiger partial charge in [-0.3, -0.25) is 0 Å². The number of hydrogen-bond donors (Lipinski definition) is 1. The van der Waals surface area contributed by atoms with E-state index in [0.717, 1.165) is 12.3 Å². The normalized spacial score (nSPS) is 17.6. The van der Waals surface area contributed by atoms with E-state index >= 15 is 0 Å². The molecule has 1 saturated heterocycles. The fourth-order valence-electron chi connectivity index (χ4n) is 2.24. The van der Waals surface area contributed by atoms with E-state index in [1.807, 2.05) is 12.1 Å². The van der Waals surface area contributed by atoms with Gasteiger partial charge in [0, 0.05) is 0 Å². The Labute approximate surface area is 107 Å². The van der Waals surface area contributed by atoms with Crippen molar-refractivity contribution < 1.29 is 0 Å². The maximum atomic E-state index is 5.99. The van der Waals surface area contributed by atoms with Gasteiger partial charge in [0.1, 0.15) is 0 Å². The lowest BCUT2D eigenvalue weighted by Crippen LogP contribution is -2.27. The number of benzene rings is 1. The maximum Gasteiger partial charge on any atom is 0.0595 e. The molecule has 1 aromatic rings. The molecule has 0 bridgehead atoms. The smallest absolute Gasteiger partial charge is 0.0595 e. The van der Waals surface area contributed by atoms with Crippen LogP contribution in [0.5, 0.6) is 0 Å². The molecule has 0 amide bonds. The molecule has 0 aliphatic carbocycles. The molecule has 1 nitrogen and oxygen atoms in total. The number of halogens is 2. The van der Waals surface area contributed by atoms with E-state index in [1.54, 1.807) is 0 Å². The maximum absolute atomic E-state index is 5.99. The Morgan fingerprint density at radius 1 is 1.12 bits per heavy atom. The van der Waals surface area contributed by atoms with E-state index in [9.17, 15) is 0 Å². The Morgan fingerprint density at radius 2 is 1.88 bits per heavy atom. The van der Waals surface area contributed by atoms with Gasteiger partial charge in [-0.2, -0.15) is 0 Å². The molecule has 3 heteroatoms. The zero-order valence-electron chi connectivity index (χ0n) is 9.31. The topological polar surface area (TPSA) is 12.0 Å². The molecule has 2 rings (SSSR count). The van der Waals surface area contributed by atoms with Crippen LogP contribution in [0.2, 0.25) is 10.0 Å². The van der Waals surface area contributed by atoms with Crippen molar-refractivity contribution in [3.8, 4) is 0 Å². The molecule has 0 spiro atoms. The van der Waals surface area contributed by atoms with Gasteiger partial charge in [0.05, 0.1) is 10.0 Å². The first-order valence-corrected chi connectivity index (χ1v) is 6.66. The molecule has 1 fully saturated rings. The lowest BCUT2D eigenvalue weighted by atomic mass is 9.91. The molecule has 1 aliphatic rings. The summed E-state index contributed by atoms with van der Waals surface area (Å²) in [6.07, 6.45) is 4.99. The lowest BCUT2D eigenvalue weighted by molar-refractivity contribution is 0.354. The standard InChI is InChI=1S/C13H17Cl2N/c14-12-4-3-11(9-13(12)15)2-1-10-5-7-16-8-6-10/h3-4,9-10,16H,1-2,5-8H2. The summed E-state index contributed by atoms with van der Waals surface area (Å²) in [6, 6.07) is 5.96. The number of rotatable bonds is 3. The van der Waals surface area contributed by atoms with Crippen molar-refractivity contribution in [3.05, 3.63) is 33.8 Å². The van der Waals surface area contributed by atoms with Crippen LogP contribution in [0.4, 0.5) is 0 Å². The highest BCUT2D eigenvalue weighted by molar-refractivity contribution is 6.42. The third kappa shape index (κ3) is 3.38. The van der Waals surface area contributed by atoms with Gasteiger partial charge in [0.15, 0.2) is 0 Å². The average molecular weight is 258 g/mol. The minimum Gasteiger partial charge on any atom is -0.317 e. The van der Waals surface area contributed by atoms with Gasteiger partial charge in [-0.05, 0) is 62.4 Å². The Balaban J connectivity index is 1.86. The molecule has 1 aromatic carbocycles. The highest BCUT2D eigenvalue weighted by Crippen LogP contribution is 2.25. The first-order chi connectivity index (χ1) is 7.75. The fourth-order valence-corrected chi connectivity index (χ4v) is 2.56. The summed E-state index contributed by atoms with van der Waals surface area (Å²) in [6.45, 7) is 2.35. The van der Waals surface area contributed by atoms with E-state index in [2.05, 4.69) is 11.4 Å². The van der Waals surface area contributed by atoms with Crippen LogP contribution >= 0.6 is 23.2 Å². The van der Waals surface area contributed by atoms with Crippen LogP contribution in [-0.2, 0) is 6.42 Å². The average Bonchev–Trinajstić information content (AvgIpc) is 2.32. The van der Waals surface area contributed by atoms with Crippen LogP contribution in [-0.4, -0.2) is 13.1 Å². The van der Waals surface area contributed by atoms with Crippen molar-refractivity contribution in [2.24, 2.45) is 5.92 Å². The molecule has 0 aromatic heterocycles. The van der Waals surface area contributed by atoms with Crippen LogP contribution in [0.1, 0.15) is 24.8 Å². The molecule has 0 unspecified atom stereocenters. The summed E-state index contributed by atoms with van der Waals surface area (Å²) in [4.78, 5) is 0. The van der Waals surface area contributed by atoms with Crippen LogP contribution in [0, 0.1) is 5.92 Å². The van der Waals surface area contributed by atoms with Crippen molar-refractivity contribution >= 4 is 23.2 Å². The second kappa shape index (κ2) is 5.90. The van der Waals surface area contributed by atoms with Gasteiger partial charge in [-0.15, -0.1) is 0 Å². The van der Waals surface area contributed by atoms with Crippen molar-refractivity contribution in [2.75, 3.05) is 13.1 Å². The first kappa shape index (κ1) is 12.2. The third-order valence-corrected chi connectivity index (χ3v) is 4.02. The second-order valence-corrected chi connectivity index (χ2v) is 5.29. The van der Waals surface area contributed by atoms with Gasteiger partial charge in [-0.1, -0.05) is 29.3 Å². The zero-order valence-corrected chi connectivity index (χ0v) is 10.8. The SMILES string of the molecule is Clc1ccc(CCC2CCNCC2)cc1Cl. The van der Waals surface area contributed by atoms with Crippen molar-refractivity contribution in [2.45, 2.75) is 25.7 Å². The van der Waals surface area contributed by atoms with E-state index < -0.39 is 0 Å². The highest BCUT2D eigenvalue weighted by Gasteiger charge is 2.12. The van der Waals surface area contributed by atoms with Gasteiger partial charge in [-0.25, -0.2) is 0 Å². The molecule has 88 valence electrons. The summed E-state index contributed by atoms with van der Waals surface area (Å²) in [5.74, 6) is 0.871. The molecule has 1 N–H and O–H groups in total. The minimum absolute atomic E-state index is 0.646. The summed E-state index contributed by atoms with van der Waals surface area (Å²) >= 11 is 11.9. The molecule has 0 atom stereocenters. The zero-order chi connectivity index (χ0) is 11.4. The van der Waals surface area contributed by atoms with Crippen LogP contribution in [0.15, 0.2) is 18.2 Å². The third-order valence-electron chi connectivity index (χ3n) is 3.28. The van der Waals surface area contributed by atoms with E-state index in [1.165, 1.54) is 37.9 Å². The monoisotopic (exact) mass is 257 g/mol. The molecular weight excluding hydrogens is 241 g/mol. The molecule has 0 radical (unpaired) electrons. The Morgan fingerprint density at radius 3 is 2.56 bits per heavy atom. The number of aryl methyl sites for hydroxylation is 1. The minimum atomic E-state index is 0.646. The van der Waals surface area contributed by atoms with Crippen molar-refractivity contribution in [3.63, 3.8) is 0 Å². The van der Waals surface area contributed by atoms with Crippen LogP contribution in [0.25, 0.3) is 0 Å². The largest absolute Gasteiger partial charge is 0.317 e. The van der Waals surface area contributed by atoms with Gasteiger partial charge < -0.3 is 5.32 Å². The van der Waals surface area contributed by atoms with Crippen LogP contribution < -0.4 is 5.32 Å². The van der Waals surface area contributed by atoms with Crippen LogP contribution in [0.3, 0.4) is 0 Å². The number of piperidine rings is 1. The summed E-state index contributed by atoms with van der Waals surface area (Å²) in [5.41, 5.74) is 1.30. The Hall–Kier alpha value is -0.240. The molecular formula is C13H17Cl2N. The van der Waals surface area contributed by atoms with E-state index in [0.29, 0.717) is 10.0 Å². The number of hydrogen-bond acceptors (Lipinski definition) is 1. The summed E-state index contributed by atoms with van der Waals surface area (Å²) < 4.78 is 0. The molecule has 1 aliphatic heterocycles. The molecule has 1 heterocycles. The van der Waals surface area contributed by atoms with Gasteiger partial charge in [0.25, 0.3) is 0 Å². The van der Waals surface area contributed by atoms with Crippen molar-refractivity contribution in [1.82, 2.24) is 5.32 Å². The molecule has 0 saturated carbocycles. The quantitative estimate of drug-likeness (QED) is 0.866. The van der Waals surface area contributed by atoms with E-state index in [-0.39, 0.29) is 0 Å². The van der Waals surface area contributed by atoms with Gasteiger partial charge >= 0.3 is 0 Å². The lowest BCUT2D eigenvalue weighted by Gasteiger charge is -2.22. The van der Waals surface area contributed by atoms with E-state index in [4.69, 9.17) is 23.2 Å². The summed E-state index contributed by atoms with van der Waals surface area (Å²) in [5, 5.41) is 4.71. The Kier molecular flexibility index (Phi) is 4.51. The Bertz CT molecular complexity index is 346. The molecule has 16 heavy (non-hydrogen) atoms. The summed E-state index contributed by atoms with van der Waals surface area (Å²) in [7, 11) is 0. The highest BCUT2D eigenvalue weighted by atomic mass is 35.5. The second-order valence-electron chi connectivity index (χ2n) is 4.48. The first-order valence-electron chi connectivity index (χ1n) is 5.90.